The Bertz CT molecular complexity index is 90.6. The molecule has 0 spiro atoms. The smallest absolute Gasteiger partial charge is 1.00 e. The molecule has 0 aromatic carbocycles. The molecule has 0 radical (unpaired) electrons. The Hall–Kier alpha value is 0.920. The molecule has 0 aliphatic carbocycles. The molecule has 0 aliphatic heterocycles. The molecule has 3 heteroatoms. The first kappa shape index (κ1) is 14.4. The maximum absolute atomic E-state index is 5.09. The second kappa shape index (κ2) is 4.83. The van der Waals surface area contributed by atoms with Gasteiger partial charge in [0, 0.05) is 0 Å². The molecule has 64 valence electrons. The summed E-state index contributed by atoms with van der Waals surface area (Å²) in [7, 11) is 0. The van der Waals surface area contributed by atoms with Crippen molar-refractivity contribution in [2.24, 2.45) is 0 Å². The van der Waals surface area contributed by atoms with Gasteiger partial charge in [-0.05, 0) is 41.5 Å². The van der Waals surface area contributed by atoms with E-state index in [1.54, 1.807) is 0 Å². The summed E-state index contributed by atoms with van der Waals surface area (Å²) in [5.41, 5.74) is -0.430. The average Bonchev–Trinajstić information content (AvgIpc) is 1.57. The number of hydrogen-bond donors (Lipinski definition) is 0. The molecular formula is C8H19NaO2. The van der Waals surface area contributed by atoms with Crippen molar-refractivity contribution in [3.63, 3.8) is 0 Å². The van der Waals surface area contributed by atoms with Crippen LogP contribution in [0, 0.1) is 0 Å². The molecule has 0 aliphatic rings. The second-order valence-corrected chi connectivity index (χ2v) is 4.39. The van der Waals surface area contributed by atoms with Gasteiger partial charge in [0.15, 0.2) is 0 Å². The summed E-state index contributed by atoms with van der Waals surface area (Å²) in [6.45, 7) is 11.7. The zero-order chi connectivity index (χ0) is 8.41. The van der Waals surface area contributed by atoms with E-state index in [4.69, 9.17) is 9.78 Å². The molecule has 0 atom stereocenters. The SMILES string of the molecule is CC(C)(C)OOC(C)(C)C.[H-].[Na+]. The van der Waals surface area contributed by atoms with Crippen LogP contribution < -0.4 is 29.6 Å². The molecule has 0 bridgehead atoms. The number of hydrogen-bond acceptors (Lipinski definition) is 2. The van der Waals surface area contributed by atoms with Crippen LogP contribution >= 0.6 is 0 Å². The van der Waals surface area contributed by atoms with Gasteiger partial charge in [0.1, 0.15) is 0 Å². The fourth-order valence-electron chi connectivity index (χ4n) is 0.250. The van der Waals surface area contributed by atoms with Crippen LogP contribution in [0.5, 0.6) is 0 Å². The van der Waals surface area contributed by atoms with Crippen LogP contribution in [0.3, 0.4) is 0 Å². The van der Waals surface area contributed by atoms with E-state index in [1.807, 2.05) is 41.5 Å². The molecule has 0 aromatic heterocycles. The molecule has 0 aromatic rings. The molecular weight excluding hydrogens is 151 g/mol. The minimum Gasteiger partial charge on any atom is -1.00 e. The van der Waals surface area contributed by atoms with Gasteiger partial charge >= 0.3 is 29.6 Å². The van der Waals surface area contributed by atoms with Crippen LogP contribution in [0.1, 0.15) is 43.0 Å². The van der Waals surface area contributed by atoms with Crippen LogP contribution in [0.2, 0.25) is 0 Å². The molecule has 2 nitrogen and oxygen atoms in total. The Labute approximate surface area is 93.3 Å². The van der Waals surface area contributed by atoms with Crippen molar-refractivity contribution in [1.82, 2.24) is 0 Å². The van der Waals surface area contributed by atoms with Crippen molar-refractivity contribution in [1.29, 1.82) is 0 Å². The van der Waals surface area contributed by atoms with E-state index < -0.39 is 0 Å². The van der Waals surface area contributed by atoms with Crippen LogP contribution in [-0.2, 0) is 9.78 Å². The van der Waals surface area contributed by atoms with Gasteiger partial charge in [-0.25, -0.2) is 9.78 Å². The molecule has 11 heavy (non-hydrogen) atoms. The summed E-state index contributed by atoms with van der Waals surface area (Å²) in [4.78, 5) is 10.2. The Kier molecular flexibility index (Phi) is 6.34. The minimum absolute atomic E-state index is 0. The minimum atomic E-state index is -0.215. The third-order valence-electron chi connectivity index (χ3n) is 0.542. The predicted octanol–water partition coefficient (Wildman–Crippen LogP) is -0.352. The first-order chi connectivity index (χ1) is 4.21. The first-order valence-electron chi connectivity index (χ1n) is 3.57. The van der Waals surface area contributed by atoms with E-state index in [-0.39, 0.29) is 42.2 Å². The van der Waals surface area contributed by atoms with Crippen molar-refractivity contribution in [2.45, 2.75) is 52.7 Å². The van der Waals surface area contributed by atoms with Gasteiger partial charge in [-0.2, -0.15) is 0 Å². The van der Waals surface area contributed by atoms with Crippen LogP contribution in [0.4, 0.5) is 0 Å². The fraction of sp³-hybridized carbons (Fsp3) is 1.00. The fourth-order valence-corrected chi connectivity index (χ4v) is 0.250. The zero-order valence-electron chi connectivity index (χ0n) is 9.82. The van der Waals surface area contributed by atoms with E-state index in [0.717, 1.165) is 0 Å². The van der Waals surface area contributed by atoms with E-state index in [1.165, 1.54) is 0 Å². The van der Waals surface area contributed by atoms with Gasteiger partial charge in [-0.15, -0.1) is 0 Å². The van der Waals surface area contributed by atoms with E-state index in [9.17, 15) is 0 Å². The maximum atomic E-state index is 5.09. The molecule has 0 N–H and O–H groups in total. The van der Waals surface area contributed by atoms with E-state index >= 15 is 0 Å². The van der Waals surface area contributed by atoms with Crippen molar-refractivity contribution in [2.75, 3.05) is 0 Å². The molecule has 0 unspecified atom stereocenters. The zero-order valence-corrected chi connectivity index (χ0v) is 10.8. The Morgan fingerprint density at radius 3 is 1.00 bits per heavy atom. The van der Waals surface area contributed by atoms with Gasteiger partial charge in [0.25, 0.3) is 0 Å². The van der Waals surface area contributed by atoms with Crippen molar-refractivity contribution in [3.8, 4) is 0 Å². The summed E-state index contributed by atoms with van der Waals surface area (Å²) < 4.78 is 0. The molecule has 0 rings (SSSR count). The normalized spacial score (nSPS) is 12.5. The third kappa shape index (κ3) is 13.9. The van der Waals surface area contributed by atoms with Gasteiger partial charge in [-0.3, -0.25) is 0 Å². The third-order valence-corrected chi connectivity index (χ3v) is 0.542. The summed E-state index contributed by atoms with van der Waals surface area (Å²) in [6, 6.07) is 0. The molecule has 0 fully saturated rings. The summed E-state index contributed by atoms with van der Waals surface area (Å²) in [5, 5.41) is 0. The Morgan fingerprint density at radius 2 is 0.909 bits per heavy atom. The molecule has 0 saturated carbocycles. The summed E-state index contributed by atoms with van der Waals surface area (Å²) in [5.74, 6) is 0. The maximum Gasteiger partial charge on any atom is 1.00 e. The van der Waals surface area contributed by atoms with E-state index in [0.29, 0.717) is 0 Å². The first-order valence-corrected chi connectivity index (χ1v) is 3.57. The van der Waals surface area contributed by atoms with Gasteiger partial charge in [-0.1, -0.05) is 0 Å². The Balaban J connectivity index is -0.000000405. The number of rotatable bonds is 1. The molecule has 0 heterocycles. The van der Waals surface area contributed by atoms with Gasteiger partial charge < -0.3 is 1.43 Å². The monoisotopic (exact) mass is 170 g/mol. The summed E-state index contributed by atoms with van der Waals surface area (Å²) >= 11 is 0. The predicted molar refractivity (Wildman–Crippen MR) is 42.8 cm³/mol. The van der Waals surface area contributed by atoms with Crippen molar-refractivity contribution in [3.05, 3.63) is 0 Å². The molecule has 0 saturated heterocycles. The topological polar surface area (TPSA) is 18.5 Å². The van der Waals surface area contributed by atoms with E-state index in [2.05, 4.69) is 0 Å². The average molecular weight is 170 g/mol. The standard InChI is InChI=1S/C8H18O2.Na.H/c1-7(2,3)9-10-8(4,5)6;;/h1-6H3;;/q;+1;-1. The quantitative estimate of drug-likeness (QED) is 0.304. The van der Waals surface area contributed by atoms with Crippen molar-refractivity contribution < 1.29 is 40.8 Å². The second-order valence-electron chi connectivity index (χ2n) is 4.39. The van der Waals surface area contributed by atoms with Crippen LogP contribution in [0.25, 0.3) is 0 Å². The Morgan fingerprint density at radius 1 is 0.727 bits per heavy atom. The molecule has 0 amide bonds. The van der Waals surface area contributed by atoms with Crippen LogP contribution in [-0.4, -0.2) is 11.2 Å². The van der Waals surface area contributed by atoms with Gasteiger partial charge in [0.05, 0.1) is 11.2 Å². The van der Waals surface area contributed by atoms with Crippen molar-refractivity contribution >= 4 is 0 Å². The van der Waals surface area contributed by atoms with Gasteiger partial charge in [0.2, 0.25) is 0 Å². The largest absolute Gasteiger partial charge is 1.00 e. The summed E-state index contributed by atoms with van der Waals surface area (Å²) in [6.07, 6.45) is 0. The van der Waals surface area contributed by atoms with Crippen LogP contribution in [0.15, 0.2) is 0 Å².